The zero-order valence-electron chi connectivity index (χ0n) is 16.8. The van der Waals surface area contributed by atoms with E-state index in [-0.39, 0.29) is 0 Å². The Hall–Kier alpha value is -2.61. The molecule has 2 atom stereocenters. The first-order valence-electron chi connectivity index (χ1n) is 8.12. The molecule has 0 aliphatic carbocycles. The average Bonchev–Trinajstić information content (AvgIpc) is 2.47. The summed E-state index contributed by atoms with van der Waals surface area (Å²) in [7, 11) is -4.94. The molecule has 0 saturated heterocycles. The highest BCUT2D eigenvalue weighted by atomic mass is 28.4. The van der Waals surface area contributed by atoms with Crippen LogP contribution in [0.15, 0.2) is 25.7 Å². The lowest BCUT2D eigenvalue weighted by atomic mass is 10.2. The summed E-state index contributed by atoms with van der Waals surface area (Å²) in [6, 6.07) is 0. The SMILES string of the molecule is C=COC(=O)OC(C(=O)O[Si](C)(C)C)C(OC(=O)OC=C)C(=O)O[Si](C)(C)C. The van der Waals surface area contributed by atoms with Gasteiger partial charge in [0.05, 0.1) is 12.5 Å². The van der Waals surface area contributed by atoms with E-state index in [1.54, 1.807) is 39.3 Å². The molecule has 2 unspecified atom stereocenters. The summed E-state index contributed by atoms with van der Waals surface area (Å²) in [5, 5.41) is 0. The maximum atomic E-state index is 12.6. The van der Waals surface area contributed by atoms with Crippen molar-refractivity contribution in [2.24, 2.45) is 0 Å². The molecular weight excluding hydrogens is 408 g/mol. The van der Waals surface area contributed by atoms with Gasteiger partial charge in [0.25, 0.3) is 0 Å². The quantitative estimate of drug-likeness (QED) is 0.304. The van der Waals surface area contributed by atoms with Gasteiger partial charge in [0, 0.05) is 0 Å². The third-order valence-corrected chi connectivity index (χ3v) is 3.99. The molecule has 0 aromatic rings. The van der Waals surface area contributed by atoms with Crippen LogP contribution < -0.4 is 0 Å². The molecular formula is C16H26O10Si2. The van der Waals surface area contributed by atoms with Gasteiger partial charge in [-0.1, -0.05) is 13.2 Å². The van der Waals surface area contributed by atoms with E-state index in [1.807, 2.05) is 0 Å². The number of hydrogen-bond acceptors (Lipinski definition) is 10. The Kier molecular flexibility index (Phi) is 9.66. The Bertz CT molecular complexity index is 564. The second kappa shape index (κ2) is 10.7. The van der Waals surface area contributed by atoms with Crippen molar-refractivity contribution in [2.45, 2.75) is 51.5 Å². The van der Waals surface area contributed by atoms with E-state index in [9.17, 15) is 19.2 Å². The third-order valence-electron chi connectivity index (χ3n) is 2.36. The van der Waals surface area contributed by atoms with Gasteiger partial charge in [-0.3, -0.25) is 0 Å². The summed E-state index contributed by atoms with van der Waals surface area (Å²) in [6.07, 6.45) is -5.18. The summed E-state index contributed by atoms with van der Waals surface area (Å²) >= 11 is 0. The first-order valence-corrected chi connectivity index (χ1v) is 14.9. The van der Waals surface area contributed by atoms with Crippen molar-refractivity contribution in [1.29, 1.82) is 0 Å². The van der Waals surface area contributed by atoms with E-state index in [4.69, 9.17) is 18.3 Å². The molecule has 0 heterocycles. The van der Waals surface area contributed by atoms with Gasteiger partial charge >= 0.3 is 24.2 Å². The van der Waals surface area contributed by atoms with Crippen LogP contribution in [0, 0.1) is 0 Å². The van der Waals surface area contributed by atoms with Crippen molar-refractivity contribution in [3.05, 3.63) is 25.7 Å². The number of carbonyl (C=O) groups excluding carboxylic acids is 4. The Labute approximate surface area is 165 Å². The Balaban J connectivity index is 5.92. The fraction of sp³-hybridized carbons (Fsp3) is 0.500. The summed E-state index contributed by atoms with van der Waals surface area (Å²) in [5.74, 6) is -2.21. The summed E-state index contributed by atoms with van der Waals surface area (Å²) in [4.78, 5) is 48.5. The fourth-order valence-electron chi connectivity index (χ4n) is 1.59. The molecule has 0 radical (unpaired) electrons. The zero-order chi connectivity index (χ0) is 22.1. The van der Waals surface area contributed by atoms with E-state index in [0.717, 1.165) is 12.5 Å². The second-order valence-electron chi connectivity index (χ2n) is 7.21. The average molecular weight is 435 g/mol. The Morgan fingerprint density at radius 1 is 0.679 bits per heavy atom. The molecule has 0 N–H and O–H groups in total. The molecule has 28 heavy (non-hydrogen) atoms. The van der Waals surface area contributed by atoms with Gasteiger partial charge in [0.2, 0.25) is 28.8 Å². The number of carbonyl (C=O) groups is 4. The van der Waals surface area contributed by atoms with Gasteiger partial charge < -0.3 is 27.8 Å². The molecule has 0 amide bonds. The van der Waals surface area contributed by atoms with Crippen LogP contribution in [-0.2, 0) is 37.4 Å². The third kappa shape index (κ3) is 10.5. The van der Waals surface area contributed by atoms with Crippen LogP contribution >= 0.6 is 0 Å². The van der Waals surface area contributed by atoms with E-state index in [1.165, 1.54) is 0 Å². The Morgan fingerprint density at radius 3 is 1.18 bits per heavy atom. The first kappa shape index (κ1) is 25.4. The molecule has 0 aliphatic heterocycles. The molecule has 158 valence electrons. The smallest absolute Gasteiger partial charge is 0.514 e. The van der Waals surface area contributed by atoms with Crippen molar-refractivity contribution >= 4 is 40.9 Å². The molecule has 0 rings (SSSR count). The van der Waals surface area contributed by atoms with Crippen LogP contribution in [0.1, 0.15) is 0 Å². The van der Waals surface area contributed by atoms with E-state index < -0.39 is 53.1 Å². The maximum absolute atomic E-state index is 12.6. The van der Waals surface area contributed by atoms with Gasteiger partial charge in [-0.2, -0.15) is 0 Å². The van der Waals surface area contributed by atoms with Crippen molar-refractivity contribution < 1.29 is 47.0 Å². The highest BCUT2D eigenvalue weighted by molar-refractivity contribution is 6.71. The molecule has 0 saturated carbocycles. The van der Waals surface area contributed by atoms with Gasteiger partial charge in [-0.15, -0.1) is 0 Å². The predicted molar refractivity (Wildman–Crippen MR) is 102 cm³/mol. The molecule has 12 heteroatoms. The minimum Gasteiger partial charge on any atom is -0.517 e. The van der Waals surface area contributed by atoms with E-state index in [0.29, 0.717) is 0 Å². The molecule has 10 nitrogen and oxygen atoms in total. The van der Waals surface area contributed by atoms with Crippen LogP contribution in [0.5, 0.6) is 0 Å². The van der Waals surface area contributed by atoms with Gasteiger partial charge in [-0.05, 0) is 39.3 Å². The van der Waals surface area contributed by atoms with Gasteiger partial charge in [-0.25, -0.2) is 19.2 Å². The molecule has 0 aromatic carbocycles. The van der Waals surface area contributed by atoms with Crippen LogP contribution in [0.25, 0.3) is 0 Å². The summed E-state index contributed by atoms with van der Waals surface area (Å²) in [6.45, 7) is 16.5. The zero-order valence-corrected chi connectivity index (χ0v) is 18.8. The fourth-order valence-corrected chi connectivity index (χ4v) is 3.03. The van der Waals surface area contributed by atoms with Crippen molar-refractivity contribution in [2.75, 3.05) is 0 Å². The monoisotopic (exact) mass is 434 g/mol. The number of ether oxygens (including phenoxy) is 4. The minimum absolute atomic E-state index is 0.755. The maximum Gasteiger partial charge on any atom is 0.514 e. The lowest BCUT2D eigenvalue weighted by molar-refractivity contribution is -0.166. The standard InChI is InChI=1S/C16H26O10Si2/c1-9-21-15(19)23-11(13(17)25-27(3,4)5)12(24-16(20)22-10-2)14(18)26-28(6,7)8/h9-12H,1-2H2,3-8H3. The highest BCUT2D eigenvalue weighted by Gasteiger charge is 2.45. The number of hydrogen-bond donors (Lipinski definition) is 0. The van der Waals surface area contributed by atoms with Gasteiger partial charge in [0.15, 0.2) is 0 Å². The number of rotatable bonds is 9. The van der Waals surface area contributed by atoms with Gasteiger partial charge in [0.1, 0.15) is 0 Å². The van der Waals surface area contributed by atoms with Crippen LogP contribution in [0.3, 0.4) is 0 Å². The highest BCUT2D eigenvalue weighted by Crippen LogP contribution is 2.17. The van der Waals surface area contributed by atoms with Crippen molar-refractivity contribution in [1.82, 2.24) is 0 Å². The Morgan fingerprint density at radius 2 is 0.964 bits per heavy atom. The molecule has 0 aromatic heterocycles. The molecule has 0 aliphatic rings. The molecule has 0 spiro atoms. The first-order chi connectivity index (χ1) is 12.7. The minimum atomic E-state index is -2.47. The summed E-state index contributed by atoms with van der Waals surface area (Å²) < 4.78 is 29.1. The molecule has 0 fully saturated rings. The van der Waals surface area contributed by atoms with Crippen LogP contribution in [0.2, 0.25) is 39.3 Å². The second-order valence-corrected chi connectivity index (χ2v) is 16.1. The van der Waals surface area contributed by atoms with Crippen molar-refractivity contribution in [3.8, 4) is 0 Å². The van der Waals surface area contributed by atoms with Crippen LogP contribution in [0.4, 0.5) is 9.59 Å². The predicted octanol–water partition coefficient (Wildman–Crippen LogP) is 3.07. The van der Waals surface area contributed by atoms with E-state index >= 15 is 0 Å². The van der Waals surface area contributed by atoms with Crippen molar-refractivity contribution in [3.63, 3.8) is 0 Å². The van der Waals surface area contributed by atoms with Crippen LogP contribution in [-0.4, -0.2) is 53.1 Å². The summed E-state index contributed by atoms with van der Waals surface area (Å²) in [5.41, 5.74) is 0. The molecule has 0 bridgehead atoms. The lowest BCUT2D eigenvalue weighted by Crippen LogP contribution is -2.51. The van der Waals surface area contributed by atoms with E-state index in [2.05, 4.69) is 22.6 Å². The lowest BCUT2D eigenvalue weighted by Gasteiger charge is -2.28. The normalized spacial score (nSPS) is 13.2. The largest absolute Gasteiger partial charge is 0.517 e. The topological polar surface area (TPSA) is 124 Å².